The largest absolute Gasteiger partial charge is 0.269 e. The molecular weight excluding hydrogens is 1070 g/mol. The monoisotopic (exact) mass is 1130 g/mol. The highest BCUT2D eigenvalue weighted by molar-refractivity contribution is 6.36. The highest BCUT2D eigenvalue weighted by atomic mass is 16.2. The Bertz CT molecular complexity index is 3300. The first-order valence-electron chi connectivity index (χ1n) is 27.7. The number of imide groups is 6. The predicted molar refractivity (Wildman–Crippen MR) is 313 cm³/mol. The van der Waals surface area contributed by atoms with Crippen molar-refractivity contribution in [3.63, 3.8) is 0 Å². The van der Waals surface area contributed by atoms with Crippen molar-refractivity contribution >= 4 is 103 Å². The fraction of sp³-hybridized carbons (Fsp3) is 0.364. The second kappa shape index (κ2) is 18.2. The van der Waals surface area contributed by atoms with E-state index in [2.05, 4.69) is 0 Å². The fourth-order valence-electron chi connectivity index (χ4n) is 12.3. The van der Waals surface area contributed by atoms with Crippen LogP contribution in [0.1, 0.15) is 249 Å². The molecule has 0 atom stereocenters. The van der Waals surface area contributed by atoms with Crippen LogP contribution < -0.4 is 0 Å². The van der Waals surface area contributed by atoms with E-state index in [1.54, 1.807) is 197 Å². The molecule has 0 fully saturated rings. The van der Waals surface area contributed by atoms with Crippen LogP contribution in [0.5, 0.6) is 0 Å². The number of carbonyl (C=O) groups excluding carboxylic acids is 12. The molecule has 6 aromatic carbocycles. The summed E-state index contributed by atoms with van der Waals surface area (Å²) in [7, 11) is 0. The molecule has 0 aliphatic carbocycles. The molecule has 0 radical (unpaired) electrons. The SMILES string of the molecule is CC(C)(C)N1C(=O)c2ccc3c4c(ccc(c24)C1=O)C(=O)N(C(C)(C)C)C3=O.CC(C)(C)N1C(=O)c2ccc3c4c(ccc(c24)C1=O)C(=O)N(C(C)(C)C)C3=O.CC(C)(C)N1C(=O)c2ccc3c4c(ccc(c24)C1=O)C(=O)N(C(C)(C)C)C3=O. The van der Waals surface area contributed by atoms with Gasteiger partial charge >= 0.3 is 0 Å². The lowest BCUT2D eigenvalue weighted by Crippen LogP contribution is -2.53. The molecule has 0 unspecified atom stereocenters. The predicted octanol–water partition coefficient (Wildman–Crippen LogP) is 10.9. The molecule has 84 heavy (non-hydrogen) atoms. The van der Waals surface area contributed by atoms with Crippen LogP contribution in [-0.4, -0.2) is 134 Å². The molecule has 0 N–H and O–H groups in total. The zero-order valence-corrected chi connectivity index (χ0v) is 50.5. The second-order valence-corrected chi connectivity index (χ2v) is 27.9. The first-order chi connectivity index (χ1) is 38.6. The molecule has 0 spiro atoms. The average Bonchev–Trinajstić information content (AvgIpc) is 0.755. The Balaban J connectivity index is 0.000000140. The van der Waals surface area contributed by atoms with Gasteiger partial charge in [0.05, 0.1) is 0 Å². The van der Waals surface area contributed by atoms with E-state index < -0.39 is 104 Å². The van der Waals surface area contributed by atoms with Gasteiger partial charge in [-0.05, 0) is 197 Å². The molecule has 0 saturated heterocycles. The number of hydrogen-bond acceptors (Lipinski definition) is 12. The van der Waals surface area contributed by atoms with Crippen molar-refractivity contribution in [1.29, 1.82) is 0 Å². The summed E-state index contributed by atoms with van der Waals surface area (Å²) in [6.07, 6.45) is 0. The minimum absolute atomic E-state index is 0.343. The van der Waals surface area contributed by atoms with Gasteiger partial charge in [-0.25, -0.2) is 0 Å². The van der Waals surface area contributed by atoms with Crippen molar-refractivity contribution in [2.75, 3.05) is 0 Å². The summed E-state index contributed by atoms with van der Waals surface area (Å²) >= 11 is 0. The van der Waals surface area contributed by atoms with Crippen LogP contribution in [0.15, 0.2) is 72.8 Å². The molecule has 432 valence electrons. The van der Waals surface area contributed by atoms with Crippen molar-refractivity contribution in [2.45, 2.75) is 158 Å². The molecule has 6 heterocycles. The van der Waals surface area contributed by atoms with Gasteiger partial charge in [-0.15, -0.1) is 0 Å². The van der Waals surface area contributed by atoms with Gasteiger partial charge in [-0.2, -0.15) is 0 Å². The summed E-state index contributed by atoms with van der Waals surface area (Å²) in [5.74, 6) is -4.92. The van der Waals surface area contributed by atoms with E-state index in [0.29, 0.717) is 99.1 Å². The quantitative estimate of drug-likeness (QED) is 0.130. The molecule has 6 aliphatic rings. The average molecular weight is 1140 g/mol. The smallest absolute Gasteiger partial charge is 0.261 e. The maximum Gasteiger partial charge on any atom is 0.261 e. The van der Waals surface area contributed by atoms with E-state index in [1.165, 1.54) is 29.4 Å². The van der Waals surface area contributed by atoms with Crippen molar-refractivity contribution < 1.29 is 57.5 Å². The third-order valence-electron chi connectivity index (χ3n) is 15.7. The van der Waals surface area contributed by atoms with Crippen LogP contribution in [-0.2, 0) is 0 Å². The van der Waals surface area contributed by atoms with Crippen molar-refractivity contribution in [3.05, 3.63) is 140 Å². The maximum absolute atomic E-state index is 13.1. The molecule has 18 nitrogen and oxygen atoms in total. The lowest BCUT2D eigenvalue weighted by Gasteiger charge is -2.40. The van der Waals surface area contributed by atoms with Crippen molar-refractivity contribution in [2.24, 2.45) is 0 Å². The van der Waals surface area contributed by atoms with Gasteiger partial charge in [-0.3, -0.25) is 86.9 Å². The third kappa shape index (κ3) is 8.33. The van der Waals surface area contributed by atoms with Gasteiger partial charge in [-0.1, -0.05) is 0 Å². The maximum atomic E-state index is 13.1. The summed E-state index contributed by atoms with van der Waals surface area (Å²) in [5, 5.41) is 2.42. The molecular formula is C66H66N6O12. The van der Waals surface area contributed by atoms with E-state index in [-0.39, 0.29) is 0 Å². The molecule has 12 rings (SSSR count). The Hall–Kier alpha value is -9.06. The summed E-state index contributed by atoms with van der Waals surface area (Å²) < 4.78 is 0. The summed E-state index contributed by atoms with van der Waals surface area (Å²) in [6.45, 7) is 32.3. The molecule has 6 aromatic rings. The Morgan fingerprint density at radius 2 is 0.238 bits per heavy atom. The van der Waals surface area contributed by atoms with Crippen LogP contribution in [0.3, 0.4) is 0 Å². The van der Waals surface area contributed by atoms with Gasteiger partial charge in [0.1, 0.15) is 0 Å². The topological polar surface area (TPSA) is 224 Å². The van der Waals surface area contributed by atoms with Crippen LogP contribution in [0.2, 0.25) is 0 Å². The molecule has 0 aromatic heterocycles. The number of hydrogen-bond donors (Lipinski definition) is 0. The minimum Gasteiger partial charge on any atom is -0.269 e. The van der Waals surface area contributed by atoms with Gasteiger partial charge in [0.25, 0.3) is 70.9 Å². The minimum atomic E-state index is -0.693. The zero-order chi connectivity index (χ0) is 62.3. The lowest BCUT2D eigenvalue weighted by atomic mass is 9.84. The van der Waals surface area contributed by atoms with Crippen LogP contribution in [0.4, 0.5) is 0 Å². The highest BCUT2D eigenvalue weighted by Gasteiger charge is 2.49. The van der Waals surface area contributed by atoms with Crippen molar-refractivity contribution in [1.82, 2.24) is 29.4 Å². The van der Waals surface area contributed by atoms with Gasteiger partial charge in [0.15, 0.2) is 0 Å². The van der Waals surface area contributed by atoms with Gasteiger partial charge in [0.2, 0.25) is 0 Å². The standard InChI is InChI=1S/3C22H22N2O4/c3*1-21(2,3)23-17(25)11-7-9-13-16-14(10-8-12(15(11)16)18(23)26)20(28)24(19(13)27)22(4,5)6/h3*7-10H,1-6H3. The number of benzene rings is 6. The van der Waals surface area contributed by atoms with Crippen molar-refractivity contribution in [3.8, 4) is 0 Å². The van der Waals surface area contributed by atoms with Crippen LogP contribution >= 0.6 is 0 Å². The molecule has 12 amide bonds. The van der Waals surface area contributed by atoms with E-state index in [4.69, 9.17) is 0 Å². The summed E-state index contributed by atoms with van der Waals surface area (Å²) in [6, 6.07) is 19.1. The van der Waals surface area contributed by atoms with E-state index in [1.807, 2.05) is 0 Å². The first kappa shape index (κ1) is 58.1. The molecule has 0 saturated carbocycles. The number of carbonyl (C=O) groups is 12. The van der Waals surface area contributed by atoms with Crippen LogP contribution in [0.25, 0.3) is 32.3 Å². The third-order valence-corrected chi connectivity index (χ3v) is 15.7. The Morgan fingerprint density at radius 3 is 0.298 bits per heavy atom. The number of rotatable bonds is 0. The molecule has 0 bridgehead atoms. The fourth-order valence-corrected chi connectivity index (χ4v) is 12.3. The zero-order valence-electron chi connectivity index (χ0n) is 50.5. The van der Waals surface area contributed by atoms with Gasteiger partial charge in [0, 0.05) is 132 Å². The summed E-state index contributed by atoms with van der Waals surface area (Å²) in [4.78, 5) is 165. The second-order valence-electron chi connectivity index (χ2n) is 27.9. The Morgan fingerprint density at radius 1 is 0.167 bits per heavy atom. The van der Waals surface area contributed by atoms with E-state index >= 15 is 0 Å². The normalized spacial score (nSPS) is 17.1. The number of nitrogens with zero attached hydrogens (tertiary/aromatic N) is 6. The highest BCUT2D eigenvalue weighted by Crippen LogP contribution is 2.45. The van der Waals surface area contributed by atoms with E-state index in [9.17, 15) is 57.5 Å². The molecule has 6 aliphatic heterocycles. The first-order valence-corrected chi connectivity index (χ1v) is 27.7. The number of amides is 12. The van der Waals surface area contributed by atoms with Crippen LogP contribution in [0, 0.1) is 0 Å². The Kier molecular flexibility index (Phi) is 12.6. The van der Waals surface area contributed by atoms with E-state index in [0.717, 1.165) is 0 Å². The summed E-state index contributed by atoms with van der Waals surface area (Å²) in [5.41, 5.74) is -0.0488. The lowest BCUT2D eigenvalue weighted by molar-refractivity contribution is 0.0436. The van der Waals surface area contributed by atoms with Gasteiger partial charge < -0.3 is 0 Å². The Labute approximate surface area is 485 Å². The molecule has 18 heteroatoms.